The molecule has 1 atom stereocenters. The predicted molar refractivity (Wildman–Crippen MR) is 103 cm³/mol. The molecule has 1 aliphatic rings. The highest BCUT2D eigenvalue weighted by molar-refractivity contribution is 5.83. The second-order valence-electron chi connectivity index (χ2n) is 6.89. The smallest absolute Gasteiger partial charge is 0.244 e. The Labute approximate surface area is 159 Å². The molecule has 0 saturated carbocycles. The van der Waals surface area contributed by atoms with Crippen LogP contribution in [0, 0.1) is 17.1 Å². The molecule has 140 valence electrons. The lowest BCUT2D eigenvalue weighted by atomic mass is 10.0. The standard InChI is InChI=1S/C21H23FN4O/c1-24(2)20(17-5-7-18(22)8-6-17)21(27)26-13-11-25(12-14-26)19-9-3-16(15-23)4-10-19/h3-10,20H,11-14H2,1-2H3. The van der Waals surface area contributed by atoms with Gasteiger partial charge in [0.1, 0.15) is 11.9 Å². The summed E-state index contributed by atoms with van der Waals surface area (Å²) in [5, 5.41) is 8.91. The molecule has 0 radical (unpaired) electrons. The lowest BCUT2D eigenvalue weighted by molar-refractivity contribution is -0.136. The van der Waals surface area contributed by atoms with Crippen molar-refractivity contribution in [1.82, 2.24) is 9.80 Å². The van der Waals surface area contributed by atoms with Gasteiger partial charge in [-0.05, 0) is 56.1 Å². The first-order chi connectivity index (χ1) is 13.0. The number of likely N-dealkylation sites (N-methyl/N-ethyl adjacent to an activating group) is 1. The fourth-order valence-electron chi connectivity index (χ4n) is 3.41. The van der Waals surface area contributed by atoms with E-state index in [0.717, 1.165) is 24.3 Å². The van der Waals surface area contributed by atoms with Crippen LogP contribution < -0.4 is 4.90 Å². The Bertz CT molecular complexity index is 819. The van der Waals surface area contributed by atoms with Crippen LogP contribution in [0.15, 0.2) is 48.5 Å². The SMILES string of the molecule is CN(C)C(C(=O)N1CCN(c2ccc(C#N)cc2)CC1)c1ccc(F)cc1. The Balaban J connectivity index is 1.67. The molecule has 3 rings (SSSR count). The summed E-state index contributed by atoms with van der Waals surface area (Å²) in [5.74, 6) is -0.272. The van der Waals surface area contributed by atoms with E-state index in [4.69, 9.17) is 5.26 Å². The van der Waals surface area contributed by atoms with Gasteiger partial charge in [0, 0.05) is 31.9 Å². The molecule has 6 heteroatoms. The summed E-state index contributed by atoms with van der Waals surface area (Å²) in [7, 11) is 3.72. The van der Waals surface area contributed by atoms with Crippen LogP contribution in [0.2, 0.25) is 0 Å². The number of benzene rings is 2. The van der Waals surface area contributed by atoms with Crippen molar-refractivity contribution in [2.45, 2.75) is 6.04 Å². The molecule has 2 aromatic carbocycles. The Morgan fingerprint density at radius 1 is 1.04 bits per heavy atom. The molecule has 1 heterocycles. The van der Waals surface area contributed by atoms with Crippen LogP contribution in [0.3, 0.4) is 0 Å². The second kappa shape index (κ2) is 8.19. The van der Waals surface area contributed by atoms with E-state index in [0.29, 0.717) is 18.7 Å². The van der Waals surface area contributed by atoms with E-state index in [9.17, 15) is 9.18 Å². The van der Waals surface area contributed by atoms with E-state index in [1.807, 2.05) is 48.2 Å². The summed E-state index contributed by atoms with van der Waals surface area (Å²) < 4.78 is 13.2. The molecule has 1 unspecified atom stereocenters. The molecule has 1 saturated heterocycles. The number of hydrogen-bond donors (Lipinski definition) is 0. The van der Waals surface area contributed by atoms with E-state index in [1.165, 1.54) is 12.1 Å². The summed E-state index contributed by atoms with van der Waals surface area (Å²) in [5.41, 5.74) is 2.49. The lowest BCUT2D eigenvalue weighted by Crippen LogP contribution is -2.51. The van der Waals surface area contributed by atoms with Gasteiger partial charge in [-0.2, -0.15) is 5.26 Å². The number of anilines is 1. The number of carbonyl (C=O) groups is 1. The molecule has 1 fully saturated rings. The van der Waals surface area contributed by atoms with Crippen LogP contribution in [0.1, 0.15) is 17.2 Å². The average molecular weight is 366 g/mol. The van der Waals surface area contributed by atoms with Crippen molar-refractivity contribution in [1.29, 1.82) is 5.26 Å². The first-order valence-corrected chi connectivity index (χ1v) is 8.95. The number of carbonyl (C=O) groups excluding carboxylic acids is 1. The third-order valence-electron chi connectivity index (χ3n) is 4.89. The molecule has 0 N–H and O–H groups in total. The van der Waals surface area contributed by atoms with Gasteiger partial charge in [0.25, 0.3) is 0 Å². The number of nitriles is 1. The Kier molecular flexibility index (Phi) is 5.72. The van der Waals surface area contributed by atoms with Gasteiger partial charge < -0.3 is 9.80 Å². The molecular weight excluding hydrogens is 343 g/mol. The minimum atomic E-state index is -0.424. The predicted octanol–water partition coefficient (Wildman–Crippen LogP) is 2.65. The monoisotopic (exact) mass is 366 g/mol. The highest BCUT2D eigenvalue weighted by Crippen LogP contribution is 2.23. The van der Waals surface area contributed by atoms with E-state index in [2.05, 4.69) is 11.0 Å². The van der Waals surface area contributed by atoms with Crippen LogP contribution >= 0.6 is 0 Å². The molecule has 2 aromatic rings. The van der Waals surface area contributed by atoms with Crippen LogP contribution in [0.25, 0.3) is 0 Å². The quantitative estimate of drug-likeness (QED) is 0.835. The fourth-order valence-corrected chi connectivity index (χ4v) is 3.41. The Hall–Kier alpha value is -2.91. The van der Waals surface area contributed by atoms with Crippen molar-refractivity contribution in [2.24, 2.45) is 0 Å². The largest absolute Gasteiger partial charge is 0.368 e. The van der Waals surface area contributed by atoms with Gasteiger partial charge in [0.05, 0.1) is 11.6 Å². The highest BCUT2D eigenvalue weighted by atomic mass is 19.1. The number of piperazine rings is 1. The highest BCUT2D eigenvalue weighted by Gasteiger charge is 2.30. The van der Waals surface area contributed by atoms with E-state index in [1.54, 1.807) is 12.1 Å². The van der Waals surface area contributed by atoms with Gasteiger partial charge in [-0.1, -0.05) is 12.1 Å². The third-order valence-corrected chi connectivity index (χ3v) is 4.89. The topological polar surface area (TPSA) is 50.6 Å². The molecule has 0 bridgehead atoms. The van der Waals surface area contributed by atoms with E-state index < -0.39 is 6.04 Å². The summed E-state index contributed by atoms with van der Waals surface area (Å²) in [6, 6.07) is 15.3. The zero-order chi connectivity index (χ0) is 19.4. The van der Waals surface area contributed by atoms with Gasteiger partial charge in [-0.3, -0.25) is 9.69 Å². The maximum atomic E-state index is 13.2. The molecule has 27 heavy (non-hydrogen) atoms. The minimum Gasteiger partial charge on any atom is -0.368 e. The van der Waals surface area contributed by atoms with Crippen molar-refractivity contribution >= 4 is 11.6 Å². The van der Waals surface area contributed by atoms with Crippen LogP contribution in [0.4, 0.5) is 10.1 Å². The third kappa shape index (κ3) is 4.26. The van der Waals surface area contributed by atoms with E-state index in [-0.39, 0.29) is 11.7 Å². The molecule has 5 nitrogen and oxygen atoms in total. The zero-order valence-electron chi connectivity index (χ0n) is 15.6. The molecule has 1 amide bonds. The summed E-state index contributed by atoms with van der Waals surface area (Å²) in [6.07, 6.45) is 0. The summed E-state index contributed by atoms with van der Waals surface area (Å²) in [6.45, 7) is 2.73. The maximum Gasteiger partial charge on any atom is 0.244 e. The van der Waals surface area contributed by atoms with Crippen molar-refractivity contribution < 1.29 is 9.18 Å². The summed E-state index contributed by atoms with van der Waals surface area (Å²) >= 11 is 0. The average Bonchev–Trinajstić information content (AvgIpc) is 2.69. The molecule has 0 aromatic heterocycles. The Morgan fingerprint density at radius 3 is 2.15 bits per heavy atom. The molecular formula is C21H23FN4O. The minimum absolute atomic E-state index is 0.0334. The number of rotatable bonds is 4. The number of halogens is 1. The first-order valence-electron chi connectivity index (χ1n) is 8.95. The van der Waals surface area contributed by atoms with Crippen LogP contribution in [-0.4, -0.2) is 56.0 Å². The van der Waals surface area contributed by atoms with Crippen LogP contribution in [0.5, 0.6) is 0 Å². The number of hydrogen-bond acceptors (Lipinski definition) is 4. The van der Waals surface area contributed by atoms with E-state index >= 15 is 0 Å². The van der Waals surface area contributed by atoms with Gasteiger partial charge >= 0.3 is 0 Å². The molecule has 1 aliphatic heterocycles. The van der Waals surface area contributed by atoms with Gasteiger partial charge in [-0.15, -0.1) is 0 Å². The molecule has 0 spiro atoms. The molecule has 0 aliphatic carbocycles. The normalized spacial score (nSPS) is 15.5. The van der Waals surface area contributed by atoms with Crippen molar-refractivity contribution in [3.63, 3.8) is 0 Å². The Morgan fingerprint density at radius 2 is 1.63 bits per heavy atom. The van der Waals surface area contributed by atoms with Crippen molar-refractivity contribution in [3.05, 3.63) is 65.5 Å². The number of amides is 1. The maximum absolute atomic E-state index is 13.2. The second-order valence-corrected chi connectivity index (χ2v) is 6.89. The fraction of sp³-hybridized carbons (Fsp3) is 0.333. The zero-order valence-corrected chi connectivity index (χ0v) is 15.6. The van der Waals surface area contributed by atoms with Gasteiger partial charge in [0.2, 0.25) is 5.91 Å². The first kappa shape index (κ1) is 18.9. The summed E-state index contributed by atoms with van der Waals surface area (Å²) in [4.78, 5) is 19.0. The van der Waals surface area contributed by atoms with Crippen molar-refractivity contribution in [3.8, 4) is 6.07 Å². The lowest BCUT2D eigenvalue weighted by Gasteiger charge is -2.38. The van der Waals surface area contributed by atoms with Crippen molar-refractivity contribution in [2.75, 3.05) is 45.2 Å². The van der Waals surface area contributed by atoms with Gasteiger partial charge in [-0.25, -0.2) is 4.39 Å². The van der Waals surface area contributed by atoms with Gasteiger partial charge in [0.15, 0.2) is 0 Å². The number of nitrogens with zero attached hydrogens (tertiary/aromatic N) is 4. The van der Waals surface area contributed by atoms with Crippen LogP contribution in [-0.2, 0) is 4.79 Å².